The quantitative estimate of drug-likeness (QED) is 0.669. The molecule has 19 heavy (non-hydrogen) atoms. The molecule has 4 N–H and O–H groups in total. The number of nitrogen functional groups attached to an aromatic ring is 2. The van der Waals surface area contributed by atoms with Gasteiger partial charge in [0.25, 0.3) is 0 Å². The van der Waals surface area contributed by atoms with E-state index in [9.17, 15) is 0 Å². The molecule has 2 rings (SSSR count). The molecule has 0 saturated heterocycles. The van der Waals surface area contributed by atoms with Crippen molar-refractivity contribution in [1.82, 2.24) is 0 Å². The molecule has 0 aromatic heterocycles. The molecule has 0 saturated carbocycles. The lowest BCUT2D eigenvalue weighted by atomic mass is 10.0. The zero-order valence-electron chi connectivity index (χ0n) is 9.91. The van der Waals surface area contributed by atoms with Crippen LogP contribution in [-0.4, -0.2) is 5.55 Å². The van der Waals surface area contributed by atoms with Gasteiger partial charge < -0.3 is 16.2 Å². The van der Waals surface area contributed by atoms with Gasteiger partial charge in [-0.2, -0.15) is 0 Å². The van der Waals surface area contributed by atoms with E-state index in [1.54, 1.807) is 12.1 Å². The van der Waals surface area contributed by atoms with Crippen LogP contribution in [-0.2, 0) is 0 Å². The van der Waals surface area contributed by atoms with Gasteiger partial charge in [-0.1, -0.05) is 12.1 Å². The molecule has 0 aliphatic carbocycles. The molecule has 2 aromatic rings. The number of anilines is 2. The topological polar surface area (TPSA) is 61.3 Å². The summed E-state index contributed by atoms with van der Waals surface area (Å²) in [6, 6.07) is 12.9. The van der Waals surface area contributed by atoms with E-state index in [-0.39, 0.29) is 24.8 Å². The van der Waals surface area contributed by atoms with Crippen LogP contribution in [0.1, 0.15) is 0 Å². The number of ether oxygens (including phenoxy) is 1. The van der Waals surface area contributed by atoms with Crippen molar-refractivity contribution in [3.8, 4) is 16.9 Å². The Morgan fingerprint density at radius 3 is 2.16 bits per heavy atom. The van der Waals surface area contributed by atoms with Crippen LogP contribution in [0.3, 0.4) is 0 Å². The summed E-state index contributed by atoms with van der Waals surface area (Å²) in [7, 11) is 0. The Balaban J connectivity index is 0.00000162. The molecule has 0 spiro atoms. The fraction of sp³-hybridized carbons (Fsp3) is 0. The summed E-state index contributed by atoms with van der Waals surface area (Å²) < 4.78 is 5.08. The molecule has 102 valence electrons. The van der Waals surface area contributed by atoms with Gasteiger partial charge in [-0.3, -0.25) is 0 Å². The Labute approximate surface area is 129 Å². The minimum Gasteiger partial charge on any atom is -0.454 e. The van der Waals surface area contributed by atoms with Crippen molar-refractivity contribution < 1.29 is 4.74 Å². The Morgan fingerprint density at radius 1 is 0.947 bits per heavy atom. The molecule has 0 heterocycles. The van der Waals surface area contributed by atoms with E-state index in [0.717, 1.165) is 11.1 Å². The zero-order valence-corrected chi connectivity index (χ0v) is 12.4. The third-order valence-electron chi connectivity index (χ3n) is 2.43. The fourth-order valence-electron chi connectivity index (χ4n) is 1.59. The summed E-state index contributed by atoms with van der Waals surface area (Å²) in [5.74, 6) is 0.700. The van der Waals surface area contributed by atoms with Gasteiger partial charge in [0.15, 0.2) is 5.55 Å². The summed E-state index contributed by atoms with van der Waals surface area (Å²) >= 11 is 4.61. The van der Waals surface area contributed by atoms with Gasteiger partial charge in [-0.15, -0.1) is 24.8 Å². The lowest BCUT2D eigenvalue weighted by Crippen LogP contribution is -1.93. The SMILES string of the molecule is Cl.Cl.Nc1ccc(N)c(-c2ccc(OC=S)cc2)c1. The molecule has 0 amide bonds. The molecule has 0 aliphatic heterocycles. The van der Waals surface area contributed by atoms with Crippen LogP contribution in [0.4, 0.5) is 11.4 Å². The highest BCUT2D eigenvalue weighted by Gasteiger charge is 2.03. The van der Waals surface area contributed by atoms with Gasteiger partial charge in [0.1, 0.15) is 5.75 Å². The molecule has 0 atom stereocenters. The molecular formula is C13H14Cl2N2OS. The molecule has 6 heteroatoms. The minimum atomic E-state index is 0. The van der Waals surface area contributed by atoms with Crippen molar-refractivity contribution in [2.45, 2.75) is 0 Å². The molecule has 0 unspecified atom stereocenters. The van der Waals surface area contributed by atoms with Crippen molar-refractivity contribution in [2.24, 2.45) is 0 Å². The summed E-state index contributed by atoms with van der Waals surface area (Å²) in [6.45, 7) is 0. The Bertz CT molecular complexity index is 547. The first-order valence-corrected chi connectivity index (χ1v) is 5.53. The lowest BCUT2D eigenvalue weighted by molar-refractivity contribution is 0.586. The smallest absolute Gasteiger partial charge is 0.154 e. The first kappa shape index (κ1) is 17.5. The first-order chi connectivity index (χ1) is 8.20. The molecule has 2 aromatic carbocycles. The van der Waals surface area contributed by atoms with E-state index in [4.69, 9.17) is 16.2 Å². The third-order valence-corrected chi connectivity index (χ3v) is 2.52. The number of hydrogen-bond acceptors (Lipinski definition) is 4. The maximum Gasteiger partial charge on any atom is 0.154 e. The van der Waals surface area contributed by atoms with Gasteiger partial charge >= 0.3 is 0 Å². The van der Waals surface area contributed by atoms with Gasteiger partial charge in [0.2, 0.25) is 0 Å². The average molecular weight is 317 g/mol. The number of rotatable bonds is 3. The molecule has 0 aliphatic rings. The van der Waals surface area contributed by atoms with E-state index in [0.29, 0.717) is 17.1 Å². The number of thiocarbonyl (C=S) groups is 1. The first-order valence-electron chi connectivity index (χ1n) is 5.06. The number of nitrogens with two attached hydrogens (primary N) is 2. The molecule has 0 bridgehead atoms. The molecule has 0 fully saturated rings. The number of hydrogen-bond donors (Lipinski definition) is 2. The van der Waals surface area contributed by atoms with Crippen LogP contribution in [0.5, 0.6) is 5.75 Å². The van der Waals surface area contributed by atoms with Crippen LogP contribution < -0.4 is 16.2 Å². The molecule has 3 nitrogen and oxygen atoms in total. The predicted octanol–water partition coefficient (Wildman–Crippen LogP) is 3.70. The summed E-state index contributed by atoms with van der Waals surface area (Å²) in [5.41, 5.74) is 16.2. The van der Waals surface area contributed by atoms with E-state index in [2.05, 4.69) is 12.2 Å². The normalized spacial score (nSPS) is 8.84. The minimum absolute atomic E-state index is 0. The van der Waals surface area contributed by atoms with Crippen molar-refractivity contribution >= 4 is 54.0 Å². The van der Waals surface area contributed by atoms with Crippen LogP contribution in [0.15, 0.2) is 42.5 Å². The van der Waals surface area contributed by atoms with Gasteiger partial charge in [0.05, 0.1) is 0 Å². The summed E-state index contributed by atoms with van der Waals surface area (Å²) in [5, 5.41) is 0. The Hall–Kier alpha value is -1.49. The zero-order chi connectivity index (χ0) is 12.3. The van der Waals surface area contributed by atoms with Crippen LogP contribution in [0.25, 0.3) is 11.1 Å². The van der Waals surface area contributed by atoms with Crippen molar-refractivity contribution in [3.05, 3.63) is 42.5 Å². The highest BCUT2D eigenvalue weighted by molar-refractivity contribution is 7.78. The molecular weight excluding hydrogens is 303 g/mol. The highest BCUT2D eigenvalue weighted by atomic mass is 35.5. The van der Waals surface area contributed by atoms with Crippen molar-refractivity contribution in [3.63, 3.8) is 0 Å². The van der Waals surface area contributed by atoms with Gasteiger partial charge in [-0.25, -0.2) is 0 Å². The Kier molecular flexibility index (Phi) is 7.22. The van der Waals surface area contributed by atoms with Crippen molar-refractivity contribution in [1.29, 1.82) is 0 Å². The second-order valence-electron chi connectivity index (χ2n) is 3.59. The summed E-state index contributed by atoms with van der Waals surface area (Å²) in [4.78, 5) is 0. The number of benzene rings is 2. The van der Waals surface area contributed by atoms with Gasteiger partial charge in [-0.05, 0) is 48.1 Å². The van der Waals surface area contributed by atoms with Crippen LogP contribution in [0.2, 0.25) is 0 Å². The largest absolute Gasteiger partial charge is 0.454 e. The van der Waals surface area contributed by atoms with E-state index < -0.39 is 0 Å². The standard InChI is InChI=1S/C13H12N2OS.2ClH/c14-10-3-6-13(15)12(7-10)9-1-4-11(5-2-9)16-8-17;;/h1-8H,14-15H2;2*1H. The predicted molar refractivity (Wildman–Crippen MR) is 89.5 cm³/mol. The van der Waals surface area contributed by atoms with Crippen LogP contribution >= 0.6 is 37.0 Å². The monoisotopic (exact) mass is 316 g/mol. The van der Waals surface area contributed by atoms with E-state index in [1.165, 1.54) is 5.55 Å². The Morgan fingerprint density at radius 2 is 1.58 bits per heavy atom. The lowest BCUT2D eigenvalue weighted by Gasteiger charge is -2.07. The van der Waals surface area contributed by atoms with Crippen molar-refractivity contribution in [2.75, 3.05) is 11.5 Å². The van der Waals surface area contributed by atoms with Gasteiger partial charge in [0, 0.05) is 16.9 Å². The average Bonchev–Trinajstić information content (AvgIpc) is 2.34. The second-order valence-corrected chi connectivity index (χ2v) is 3.78. The fourth-order valence-corrected chi connectivity index (χ4v) is 1.70. The summed E-state index contributed by atoms with van der Waals surface area (Å²) in [6.07, 6.45) is 0. The van der Waals surface area contributed by atoms with E-state index >= 15 is 0 Å². The maximum atomic E-state index is 5.91. The number of halogens is 2. The maximum absolute atomic E-state index is 5.91. The second kappa shape index (κ2) is 7.84. The van der Waals surface area contributed by atoms with Crippen LogP contribution in [0, 0.1) is 0 Å². The van der Waals surface area contributed by atoms with E-state index in [1.807, 2.05) is 30.3 Å². The third kappa shape index (κ3) is 4.28. The highest BCUT2D eigenvalue weighted by Crippen LogP contribution is 2.29. The molecule has 0 radical (unpaired) electrons.